The van der Waals surface area contributed by atoms with E-state index in [9.17, 15) is 14.0 Å². The molecule has 0 atom stereocenters. The summed E-state index contributed by atoms with van der Waals surface area (Å²) in [4.78, 5) is 36.4. The van der Waals surface area contributed by atoms with Gasteiger partial charge in [0.05, 0.1) is 16.1 Å². The molecule has 36 heavy (non-hydrogen) atoms. The fourth-order valence-corrected chi connectivity index (χ4v) is 4.46. The number of primary amides is 1. The number of halogens is 2. The van der Waals surface area contributed by atoms with Gasteiger partial charge in [0.15, 0.2) is 0 Å². The van der Waals surface area contributed by atoms with Crippen LogP contribution < -0.4 is 11.1 Å². The molecule has 2 amide bonds. The van der Waals surface area contributed by atoms with Crippen molar-refractivity contribution in [2.24, 2.45) is 5.73 Å². The number of carbonyl (C=O) groups is 2. The molecule has 5 rings (SSSR count). The summed E-state index contributed by atoms with van der Waals surface area (Å²) < 4.78 is 14.9. The maximum Gasteiger partial charge on any atom is 0.251 e. The number of hydrogen-bond donors (Lipinski definition) is 3. The maximum absolute atomic E-state index is 14.9. The van der Waals surface area contributed by atoms with Crippen LogP contribution >= 0.6 is 11.6 Å². The lowest BCUT2D eigenvalue weighted by molar-refractivity contribution is 0.0949. The lowest BCUT2D eigenvalue weighted by atomic mass is 10.0. The zero-order valence-corrected chi connectivity index (χ0v) is 20.0. The number of aryl methyl sites for hydroxylation is 1. The van der Waals surface area contributed by atoms with E-state index in [2.05, 4.69) is 20.3 Å². The summed E-state index contributed by atoms with van der Waals surface area (Å²) in [6.07, 6.45) is 5.10. The fourth-order valence-electron chi connectivity index (χ4n) is 4.30. The zero-order valence-electron chi connectivity index (χ0n) is 19.2. The molecule has 5 aromatic rings. The normalized spacial score (nSPS) is 11.2. The second kappa shape index (κ2) is 9.39. The van der Waals surface area contributed by atoms with E-state index in [1.807, 2.05) is 13.0 Å². The summed E-state index contributed by atoms with van der Waals surface area (Å²) >= 11 is 6.07. The molecule has 0 radical (unpaired) electrons. The highest BCUT2D eigenvalue weighted by molar-refractivity contribution is 6.31. The first kappa shape index (κ1) is 23.4. The quantitative estimate of drug-likeness (QED) is 0.309. The van der Waals surface area contributed by atoms with E-state index in [1.54, 1.807) is 42.6 Å². The van der Waals surface area contributed by atoms with E-state index in [4.69, 9.17) is 17.3 Å². The average Bonchev–Trinajstić information content (AvgIpc) is 3.24. The molecule has 3 aromatic heterocycles. The predicted molar refractivity (Wildman–Crippen MR) is 136 cm³/mol. The number of hydrogen-bond acceptors (Lipinski definition) is 4. The van der Waals surface area contributed by atoms with Crippen LogP contribution in [0.1, 0.15) is 43.1 Å². The largest absolute Gasteiger partial charge is 0.366 e. The van der Waals surface area contributed by atoms with E-state index in [-0.39, 0.29) is 23.8 Å². The third kappa shape index (κ3) is 4.50. The average molecular weight is 502 g/mol. The molecule has 0 aliphatic heterocycles. The van der Waals surface area contributed by atoms with Gasteiger partial charge in [0.25, 0.3) is 11.8 Å². The summed E-state index contributed by atoms with van der Waals surface area (Å²) in [7, 11) is 0. The summed E-state index contributed by atoms with van der Waals surface area (Å²) in [6, 6.07) is 11.9. The first-order chi connectivity index (χ1) is 17.3. The summed E-state index contributed by atoms with van der Waals surface area (Å²) in [5.41, 5.74) is 10.00. The van der Waals surface area contributed by atoms with Gasteiger partial charge < -0.3 is 16.0 Å². The van der Waals surface area contributed by atoms with Gasteiger partial charge in [-0.1, -0.05) is 17.7 Å². The molecule has 9 heteroatoms. The van der Waals surface area contributed by atoms with Crippen LogP contribution in [0.4, 0.5) is 4.39 Å². The van der Waals surface area contributed by atoms with Gasteiger partial charge >= 0.3 is 0 Å². The molecule has 0 aliphatic carbocycles. The van der Waals surface area contributed by atoms with E-state index in [0.29, 0.717) is 50.1 Å². The van der Waals surface area contributed by atoms with Crippen molar-refractivity contribution in [2.75, 3.05) is 0 Å². The van der Waals surface area contributed by atoms with Crippen LogP contribution in [0.3, 0.4) is 0 Å². The van der Waals surface area contributed by atoms with Crippen LogP contribution in [0.25, 0.3) is 21.8 Å². The Morgan fingerprint density at radius 1 is 1.14 bits per heavy atom. The van der Waals surface area contributed by atoms with Gasteiger partial charge in [-0.3, -0.25) is 19.6 Å². The Balaban J connectivity index is 1.36. The minimum atomic E-state index is -0.599. The molecular weight excluding hydrogens is 481 g/mol. The molecule has 0 saturated heterocycles. The van der Waals surface area contributed by atoms with Crippen LogP contribution in [0.5, 0.6) is 0 Å². The van der Waals surface area contributed by atoms with E-state index in [0.717, 1.165) is 11.1 Å². The predicted octanol–water partition coefficient (Wildman–Crippen LogP) is 4.83. The van der Waals surface area contributed by atoms with Crippen molar-refractivity contribution in [2.45, 2.75) is 19.9 Å². The molecule has 0 bridgehead atoms. The molecule has 0 spiro atoms. The first-order valence-corrected chi connectivity index (χ1v) is 11.5. The third-order valence-electron chi connectivity index (χ3n) is 6.04. The number of aromatic nitrogens is 3. The molecule has 0 aliphatic rings. The van der Waals surface area contributed by atoms with E-state index in [1.165, 1.54) is 12.4 Å². The SMILES string of the molecule is Cc1c[nH]c2ccc(CNC(=O)c3ccnc(Cc4cc(C(N)=O)c5ncc(Cl)cc5c4)c3)c(F)c12. The Bertz CT molecular complexity index is 1660. The van der Waals surface area contributed by atoms with Crippen molar-refractivity contribution in [3.63, 3.8) is 0 Å². The highest BCUT2D eigenvalue weighted by atomic mass is 35.5. The van der Waals surface area contributed by atoms with Crippen molar-refractivity contribution in [3.05, 3.63) is 105 Å². The molecule has 0 saturated carbocycles. The number of nitrogens with one attached hydrogen (secondary N) is 2. The Labute approximate surface area is 210 Å². The van der Waals surface area contributed by atoms with Crippen molar-refractivity contribution in [1.82, 2.24) is 20.3 Å². The molecule has 4 N–H and O–H groups in total. The van der Waals surface area contributed by atoms with Gasteiger partial charge in [-0.05, 0) is 54.4 Å². The number of nitrogens with two attached hydrogens (primary N) is 1. The van der Waals surface area contributed by atoms with Gasteiger partial charge in [0.2, 0.25) is 0 Å². The number of carbonyl (C=O) groups excluding carboxylic acids is 2. The summed E-state index contributed by atoms with van der Waals surface area (Å²) in [5.74, 6) is -1.30. The van der Waals surface area contributed by atoms with Crippen LogP contribution in [-0.4, -0.2) is 26.8 Å². The number of pyridine rings is 2. The lowest BCUT2D eigenvalue weighted by Gasteiger charge is -2.10. The highest BCUT2D eigenvalue weighted by Gasteiger charge is 2.15. The van der Waals surface area contributed by atoms with Crippen molar-refractivity contribution < 1.29 is 14.0 Å². The van der Waals surface area contributed by atoms with Gasteiger partial charge in [-0.25, -0.2) is 4.39 Å². The molecular formula is C27H21ClFN5O2. The van der Waals surface area contributed by atoms with Crippen molar-refractivity contribution >= 4 is 45.2 Å². The second-order valence-corrected chi connectivity index (χ2v) is 9.00. The Kier molecular flexibility index (Phi) is 6.12. The van der Waals surface area contributed by atoms with Crippen LogP contribution in [0, 0.1) is 12.7 Å². The maximum atomic E-state index is 14.9. The second-order valence-electron chi connectivity index (χ2n) is 8.56. The Hall–Kier alpha value is -4.30. The minimum Gasteiger partial charge on any atom is -0.366 e. The van der Waals surface area contributed by atoms with Crippen LogP contribution in [0.15, 0.2) is 61.1 Å². The highest BCUT2D eigenvalue weighted by Crippen LogP contribution is 2.25. The zero-order chi connectivity index (χ0) is 25.4. The van der Waals surface area contributed by atoms with Crippen LogP contribution in [-0.2, 0) is 13.0 Å². The molecule has 180 valence electrons. The number of rotatable bonds is 6. The standard InChI is InChI=1S/C27H21ClFN5O2/c1-14-11-32-22-3-2-17(24(29)23(14)22)12-34-27(36)16-4-5-31-20(10-16)7-15-6-18-9-19(28)13-33-25(18)21(8-15)26(30)35/h2-6,8-11,13,32H,7,12H2,1H3,(H2,30,35)(H,34,36). The third-order valence-corrected chi connectivity index (χ3v) is 6.25. The molecule has 3 heterocycles. The number of benzene rings is 2. The smallest absolute Gasteiger partial charge is 0.251 e. The Morgan fingerprint density at radius 2 is 1.97 bits per heavy atom. The molecule has 0 fully saturated rings. The van der Waals surface area contributed by atoms with Crippen LogP contribution in [0.2, 0.25) is 5.02 Å². The molecule has 7 nitrogen and oxygen atoms in total. The van der Waals surface area contributed by atoms with Gasteiger partial charge in [-0.15, -0.1) is 0 Å². The lowest BCUT2D eigenvalue weighted by Crippen LogP contribution is -2.23. The van der Waals surface area contributed by atoms with Gasteiger partial charge in [0, 0.05) is 64.7 Å². The number of amides is 2. The van der Waals surface area contributed by atoms with Crippen molar-refractivity contribution in [1.29, 1.82) is 0 Å². The van der Waals surface area contributed by atoms with E-state index >= 15 is 0 Å². The van der Waals surface area contributed by atoms with Crippen molar-refractivity contribution in [3.8, 4) is 0 Å². The fraction of sp³-hybridized carbons (Fsp3) is 0.111. The molecule has 2 aromatic carbocycles. The minimum absolute atomic E-state index is 0.0449. The summed E-state index contributed by atoms with van der Waals surface area (Å²) in [6.45, 7) is 1.87. The van der Waals surface area contributed by atoms with Gasteiger partial charge in [0.1, 0.15) is 5.82 Å². The number of aromatic amines is 1. The van der Waals surface area contributed by atoms with E-state index < -0.39 is 5.91 Å². The monoisotopic (exact) mass is 501 g/mol. The Morgan fingerprint density at radius 3 is 2.78 bits per heavy atom. The topological polar surface area (TPSA) is 114 Å². The van der Waals surface area contributed by atoms with Gasteiger partial charge in [-0.2, -0.15) is 0 Å². The first-order valence-electron chi connectivity index (χ1n) is 11.2. The number of fused-ring (bicyclic) bond motifs is 2. The number of H-pyrrole nitrogens is 1. The molecule has 0 unspecified atom stereocenters. The number of nitrogens with zero attached hydrogens (tertiary/aromatic N) is 2. The summed E-state index contributed by atoms with van der Waals surface area (Å²) in [5, 5.41) is 4.42.